The summed E-state index contributed by atoms with van der Waals surface area (Å²) in [5, 5.41) is 7.54. The third-order valence-electron chi connectivity index (χ3n) is 3.10. The Bertz CT molecular complexity index is 773. The van der Waals surface area contributed by atoms with Crippen LogP contribution in [0.5, 0.6) is 11.5 Å². The van der Waals surface area contributed by atoms with Crippen LogP contribution >= 0.6 is 0 Å². The van der Waals surface area contributed by atoms with Crippen molar-refractivity contribution in [3.63, 3.8) is 0 Å². The average molecular weight is 334 g/mol. The van der Waals surface area contributed by atoms with Gasteiger partial charge in [-0.1, -0.05) is 0 Å². The van der Waals surface area contributed by atoms with Gasteiger partial charge < -0.3 is 25.6 Å². The number of nitrogen functional groups attached to an aromatic ring is 1. The second-order valence-electron chi connectivity index (χ2n) is 5.14. The van der Waals surface area contributed by atoms with Crippen molar-refractivity contribution in [3.05, 3.63) is 30.2 Å². The minimum Gasteiger partial charge on any atom is -0.502 e. The van der Waals surface area contributed by atoms with Crippen molar-refractivity contribution in [1.29, 1.82) is 0 Å². The largest absolute Gasteiger partial charge is 0.502 e. The number of halogens is 1. The molecule has 0 saturated carbocycles. The Morgan fingerprint density at radius 3 is 2.48 bits per heavy atom. The highest BCUT2D eigenvalue weighted by Crippen LogP contribution is 2.34. The maximum atomic E-state index is 13.1. The number of rotatable bonds is 6. The molecule has 2 rings (SSSR count). The number of methoxy groups -OCH3 is 1. The first kappa shape index (κ1) is 19.0. The number of aromatic nitrogens is 2. The number of nitrogens with one attached hydrogen (secondary N) is 1. The SMILES string of the molecule is [B]C([B])(O)C([B])([B])Oc1ccc(Nc2ncc(F)c(N)n2)cc1OC. The molecule has 0 unspecified atom stereocenters. The van der Waals surface area contributed by atoms with Crippen molar-refractivity contribution in [3.8, 4) is 11.5 Å². The van der Waals surface area contributed by atoms with Crippen molar-refractivity contribution < 1.29 is 19.0 Å². The maximum absolute atomic E-state index is 13.1. The number of hydrogen-bond acceptors (Lipinski definition) is 7. The lowest BCUT2D eigenvalue weighted by molar-refractivity contribution is 0.0792. The van der Waals surface area contributed by atoms with Gasteiger partial charge in [-0.2, -0.15) is 4.98 Å². The van der Waals surface area contributed by atoms with Gasteiger partial charge in [0.05, 0.1) is 13.3 Å². The molecule has 120 valence electrons. The van der Waals surface area contributed by atoms with Gasteiger partial charge in [0.15, 0.2) is 23.1 Å². The minimum atomic E-state index is -2.51. The number of hydrogen-bond donors (Lipinski definition) is 3. The molecule has 0 aliphatic heterocycles. The predicted molar refractivity (Wildman–Crippen MR) is 94.0 cm³/mol. The number of ether oxygens (including phenoxy) is 2. The van der Waals surface area contributed by atoms with Crippen molar-refractivity contribution in [1.82, 2.24) is 9.97 Å². The number of anilines is 3. The van der Waals surface area contributed by atoms with Crippen molar-refractivity contribution >= 4 is 48.8 Å². The molecule has 2 aromatic rings. The highest BCUT2D eigenvalue weighted by atomic mass is 19.1. The number of nitrogens with two attached hydrogens (primary N) is 1. The molecule has 0 aliphatic rings. The molecule has 0 atom stereocenters. The third kappa shape index (κ3) is 4.39. The zero-order valence-electron chi connectivity index (χ0n) is 13.2. The van der Waals surface area contributed by atoms with E-state index in [2.05, 4.69) is 15.3 Å². The van der Waals surface area contributed by atoms with Gasteiger partial charge in [-0.25, -0.2) is 9.37 Å². The minimum absolute atomic E-state index is 0.0620. The number of aliphatic hydroxyl groups is 1. The maximum Gasteiger partial charge on any atom is 0.229 e. The topological polar surface area (TPSA) is 103 Å². The summed E-state index contributed by atoms with van der Waals surface area (Å²) in [6.45, 7) is 0. The van der Waals surface area contributed by atoms with Crippen LogP contribution in [0, 0.1) is 5.82 Å². The Labute approximate surface area is 149 Å². The molecule has 25 heavy (non-hydrogen) atoms. The van der Waals surface area contributed by atoms with Gasteiger partial charge in [-0.15, -0.1) is 0 Å². The molecule has 0 aliphatic carbocycles. The lowest BCUT2D eigenvalue weighted by atomic mass is 9.42. The lowest BCUT2D eigenvalue weighted by Crippen LogP contribution is -2.60. The highest BCUT2D eigenvalue weighted by Gasteiger charge is 2.35. The van der Waals surface area contributed by atoms with Gasteiger partial charge in [0.2, 0.25) is 5.95 Å². The first-order valence-corrected chi connectivity index (χ1v) is 6.83. The van der Waals surface area contributed by atoms with Crippen LogP contribution in [-0.2, 0) is 0 Å². The van der Waals surface area contributed by atoms with Gasteiger partial charge in [0.1, 0.15) is 31.4 Å². The Kier molecular flexibility index (Phi) is 5.22. The third-order valence-corrected chi connectivity index (χ3v) is 3.10. The van der Waals surface area contributed by atoms with Gasteiger partial charge in [0, 0.05) is 22.6 Å². The summed E-state index contributed by atoms with van der Waals surface area (Å²) in [5.74, 6) is -0.716. The molecule has 0 bridgehead atoms. The summed E-state index contributed by atoms with van der Waals surface area (Å²) >= 11 is 0. The summed E-state index contributed by atoms with van der Waals surface area (Å²) in [6.07, 6.45) is 0.930. The van der Waals surface area contributed by atoms with Crippen LogP contribution in [0.25, 0.3) is 0 Å². The van der Waals surface area contributed by atoms with E-state index >= 15 is 0 Å². The number of nitrogens with zero attached hydrogens (tertiary/aromatic N) is 2. The Morgan fingerprint density at radius 2 is 1.92 bits per heavy atom. The van der Waals surface area contributed by atoms with E-state index in [0.29, 0.717) is 5.69 Å². The van der Waals surface area contributed by atoms with Crippen LogP contribution in [0.3, 0.4) is 0 Å². The number of benzene rings is 1. The highest BCUT2D eigenvalue weighted by molar-refractivity contribution is 6.53. The Balaban J connectivity index is 2.25. The summed E-state index contributed by atoms with van der Waals surface area (Å²) in [6, 6.07) is 4.44. The first-order chi connectivity index (χ1) is 11.5. The van der Waals surface area contributed by atoms with Gasteiger partial charge >= 0.3 is 0 Å². The second kappa shape index (κ2) is 6.87. The fourth-order valence-corrected chi connectivity index (χ4v) is 1.66. The summed E-state index contributed by atoms with van der Waals surface area (Å²) in [4.78, 5) is 7.49. The molecule has 1 aromatic heterocycles. The fourth-order valence-electron chi connectivity index (χ4n) is 1.66. The van der Waals surface area contributed by atoms with E-state index in [9.17, 15) is 9.50 Å². The Hall–Kier alpha value is -2.35. The molecule has 8 radical (unpaired) electrons. The van der Waals surface area contributed by atoms with Crippen molar-refractivity contribution in [2.24, 2.45) is 0 Å². The monoisotopic (exact) mass is 334 g/mol. The van der Waals surface area contributed by atoms with Gasteiger partial charge in [-0.3, -0.25) is 0 Å². The molecule has 1 heterocycles. The zero-order valence-corrected chi connectivity index (χ0v) is 13.2. The zero-order chi connectivity index (χ0) is 18.8. The molecular weight excluding hydrogens is 322 g/mol. The lowest BCUT2D eigenvalue weighted by Gasteiger charge is -2.40. The molecule has 0 saturated heterocycles. The van der Waals surface area contributed by atoms with Gasteiger partial charge in [-0.05, 0) is 12.1 Å². The van der Waals surface area contributed by atoms with E-state index in [-0.39, 0.29) is 23.3 Å². The van der Waals surface area contributed by atoms with E-state index in [1.54, 1.807) is 0 Å². The van der Waals surface area contributed by atoms with Crippen LogP contribution in [0.15, 0.2) is 24.4 Å². The molecule has 0 fully saturated rings. The normalized spacial score (nSPS) is 11.8. The molecule has 0 spiro atoms. The van der Waals surface area contributed by atoms with E-state index in [4.69, 9.17) is 46.6 Å². The molecular formula is C13H11B4FN4O3. The second-order valence-corrected chi connectivity index (χ2v) is 5.14. The van der Waals surface area contributed by atoms with Gasteiger partial charge in [0.25, 0.3) is 0 Å². The van der Waals surface area contributed by atoms with E-state index < -0.39 is 16.6 Å². The van der Waals surface area contributed by atoms with Crippen LogP contribution < -0.4 is 20.5 Å². The Morgan fingerprint density at radius 1 is 1.24 bits per heavy atom. The molecule has 0 amide bonds. The summed E-state index contributed by atoms with van der Waals surface area (Å²) < 4.78 is 23.5. The fraction of sp³-hybridized carbons (Fsp3) is 0.231. The molecule has 4 N–H and O–H groups in total. The smallest absolute Gasteiger partial charge is 0.229 e. The van der Waals surface area contributed by atoms with Crippen LogP contribution in [0.2, 0.25) is 0 Å². The average Bonchev–Trinajstić information content (AvgIpc) is 2.51. The van der Waals surface area contributed by atoms with Crippen LogP contribution in [0.4, 0.5) is 21.8 Å². The van der Waals surface area contributed by atoms with Crippen molar-refractivity contribution in [2.45, 2.75) is 10.8 Å². The molecule has 12 heteroatoms. The molecule has 7 nitrogen and oxygen atoms in total. The first-order valence-electron chi connectivity index (χ1n) is 6.83. The van der Waals surface area contributed by atoms with Crippen LogP contribution in [0.1, 0.15) is 0 Å². The predicted octanol–water partition coefficient (Wildman–Crippen LogP) is -0.697. The molecule has 1 aromatic carbocycles. The van der Waals surface area contributed by atoms with Crippen molar-refractivity contribution in [2.75, 3.05) is 18.2 Å². The summed E-state index contributed by atoms with van der Waals surface area (Å²) in [7, 11) is 23.0. The van der Waals surface area contributed by atoms with E-state index in [0.717, 1.165) is 6.20 Å². The van der Waals surface area contributed by atoms with E-state index in [1.165, 1.54) is 25.3 Å². The van der Waals surface area contributed by atoms with Crippen LogP contribution in [-0.4, -0.2) is 64.4 Å². The van der Waals surface area contributed by atoms with E-state index in [1.807, 2.05) is 0 Å². The standard InChI is InChI=1S/C13H11B4FN4O3/c1-24-9-4-6(21-11-20-5-7(18)10(19)22-11)2-3-8(9)25-13(16,17)12(14,15)23/h2-5,23H,1H3,(H3,19,20,21,22). The summed E-state index contributed by atoms with van der Waals surface area (Å²) in [5.41, 5.74) is 5.84. The quantitative estimate of drug-likeness (QED) is 0.601.